The van der Waals surface area contributed by atoms with Gasteiger partial charge in [0.1, 0.15) is 5.75 Å². The molecule has 10 nitrogen and oxygen atoms in total. The molecule has 2 rings (SSSR count). The number of rotatable bonds is 8. The number of nitrogens with one attached hydrogen (secondary N) is 3. The Bertz CT molecular complexity index is 902. The molecule has 0 spiro atoms. The molecule has 1 aromatic carbocycles. The number of benzene rings is 1. The van der Waals surface area contributed by atoms with Crippen LogP contribution < -0.4 is 15.8 Å². The van der Waals surface area contributed by atoms with Crippen LogP contribution in [0, 0.1) is 5.41 Å². The second-order valence-electron chi connectivity index (χ2n) is 4.93. The summed E-state index contributed by atoms with van der Waals surface area (Å²) in [6.07, 6.45) is 0. The number of anilines is 1. The summed E-state index contributed by atoms with van der Waals surface area (Å²) in [5.41, 5.74) is 0.808. The van der Waals surface area contributed by atoms with Crippen molar-refractivity contribution in [3.63, 3.8) is 0 Å². The summed E-state index contributed by atoms with van der Waals surface area (Å²) in [6, 6.07) is 6.83. The third-order valence-corrected chi connectivity index (χ3v) is 4.63. The zero-order chi connectivity index (χ0) is 19.2. The number of carbonyl (C=O) groups excluding carboxylic acids is 1. The average molecular weight is 419 g/mol. The van der Waals surface area contributed by atoms with E-state index in [0.717, 1.165) is 0 Å². The van der Waals surface area contributed by atoms with Gasteiger partial charge in [-0.05, 0) is 28.5 Å². The Morgan fingerprint density at radius 2 is 2.15 bits per heavy atom. The van der Waals surface area contributed by atoms with Gasteiger partial charge in [0.05, 0.1) is 0 Å². The van der Waals surface area contributed by atoms with Crippen LogP contribution in [-0.4, -0.2) is 48.5 Å². The second-order valence-corrected chi connectivity index (χ2v) is 8.07. The number of aromatic nitrogens is 2. The molecule has 0 fully saturated rings. The van der Waals surface area contributed by atoms with Crippen LogP contribution in [0.2, 0.25) is 5.02 Å². The molecule has 0 aliphatic carbocycles. The van der Waals surface area contributed by atoms with Crippen molar-refractivity contribution in [1.82, 2.24) is 15.6 Å². The molecule has 1 aromatic heterocycles. The van der Waals surface area contributed by atoms with E-state index >= 15 is 0 Å². The molecule has 5 N–H and O–H groups in total. The van der Waals surface area contributed by atoms with E-state index in [1.54, 1.807) is 24.3 Å². The fourth-order valence-corrected chi connectivity index (χ4v) is 3.19. The number of hydrogen-bond acceptors (Lipinski definition) is 8. The molecule has 140 valence electrons. The van der Waals surface area contributed by atoms with E-state index in [2.05, 4.69) is 25.6 Å². The number of amidine groups is 1. The van der Waals surface area contributed by atoms with Crippen LogP contribution in [0.1, 0.15) is 5.69 Å². The van der Waals surface area contributed by atoms with Gasteiger partial charge in [0, 0.05) is 23.0 Å². The maximum absolute atomic E-state index is 11.3. The first-order chi connectivity index (χ1) is 12.2. The van der Waals surface area contributed by atoms with Crippen LogP contribution in [-0.2, 0) is 14.8 Å². The van der Waals surface area contributed by atoms with Crippen LogP contribution in [0.5, 0.6) is 0 Å². The Morgan fingerprint density at radius 1 is 1.38 bits per heavy atom. The van der Waals surface area contributed by atoms with E-state index in [9.17, 15) is 13.2 Å². The van der Waals surface area contributed by atoms with Crippen molar-refractivity contribution < 1.29 is 17.8 Å². The summed E-state index contributed by atoms with van der Waals surface area (Å²) in [5.74, 6) is -1.14. The van der Waals surface area contributed by atoms with Gasteiger partial charge in [-0.15, -0.1) is 0 Å². The normalized spacial score (nSPS) is 11.2. The molecule has 13 heteroatoms. The molecule has 1 amide bonds. The first-order valence-electron chi connectivity index (χ1n) is 7.08. The predicted octanol–water partition coefficient (Wildman–Crippen LogP) is 0.657. The lowest BCUT2D eigenvalue weighted by Gasteiger charge is -2.07. The molecule has 0 radical (unpaired) electrons. The van der Waals surface area contributed by atoms with Gasteiger partial charge >= 0.3 is 0 Å². The van der Waals surface area contributed by atoms with Crippen molar-refractivity contribution in [2.75, 3.05) is 23.4 Å². The molecule has 0 atom stereocenters. The second kappa shape index (κ2) is 8.98. The highest BCUT2D eigenvalue weighted by atomic mass is 35.5. The fourth-order valence-electron chi connectivity index (χ4n) is 1.77. The van der Waals surface area contributed by atoms with Gasteiger partial charge in [0.15, 0.2) is 16.6 Å². The van der Waals surface area contributed by atoms with E-state index in [-0.39, 0.29) is 18.1 Å². The Kier molecular flexibility index (Phi) is 6.97. The topological polar surface area (TPSA) is 164 Å². The van der Waals surface area contributed by atoms with Gasteiger partial charge in [0.2, 0.25) is 15.9 Å². The molecule has 0 bridgehead atoms. The van der Waals surface area contributed by atoms with Crippen molar-refractivity contribution in [1.29, 1.82) is 5.41 Å². The van der Waals surface area contributed by atoms with E-state index in [1.165, 1.54) is 11.8 Å². The van der Waals surface area contributed by atoms with Gasteiger partial charge in [-0.3, -0.25) is 10.2 Å². The molecule has 2 aromatic rings. The molecule has 0 aliphatic heterocycles. The maximum atomic E-state index is 11.3. The van der Waals surface area contributed by atoms with E-state index < -0.39 is 21.7 Å². The average Bonchev–Trinajstić information content (AvgIpc) is 2.98. The number of nitrogens with zero attached hydrogens (tertiary/aromatic N) is 2. The quantitative estimate of drug-likeness (QED) is 0.210. The Hall–Kier alpha value is -2.15. The molecular formula is C13H15ClN6O4S2. The minimum atomic E-state index is -3.86. The number of halogens is 1. The monoisotopic (exact) mass is 418 g/mol. The predicted molar refractivity (Wildman–Crippen MR) is 97.9 cm³/mol. The number of carbonyl (C=O) groups is 1. The molecule has 0 saturated carbocycles. The number of sulfonamides is 1. The van der Waals surface area contributed by atoms with Crippen LogP contribution in [0.15, 0.2) is 33.9 Å². The van der Waals surface area contributed by atoms with Crippen LogP contribution in [0.4, 0.5) is 5.69 Å². The van der Waals surface area contributed by atoms with Gasteiger partial charge in [-0.25, -0.2) is 18.2 Å². The minimum Gasteiger partial charge on any atom is -0.354 e. The molecule has 1 heterocycles. The third-order valence-electron chi connectivity index (χ3n) is 2.78. The number of hydrogen-bond donors (Lipinski definition) is 4. The van der Waals surface area contributed by atoms with Crippen LogP contribution in [0.25, 0.3) is 0 Å². The molecule has 26 heavy (non-hydrogen) atoms. The van der Waals surface area contributed by atoms with Crippen molar-refractivity contribution in [3.8, 4) is 0 Å². The molecule has 0 aliphatic rings. The van der Waals surface area contributed by atoms with E-state index in [1.807, 2.05) is 0 Å². The standard InChI is InChI=1S/C13H15ClN6O4S2/c14-8-2-1-3-9(6-8)18-12(15)11-13(20-24-19-11)25-5-4-17-10(21)7-26(16,22)23/h1-3,6H,4-5,7H2,(H2,15,18)(H,17,21)(H2,16,22,23). The first kappa shape index (κ1) is 20.2. The van der Waals surface area contributed by atoms with Crippen LogP contribution in [0.3, 0.4) is 0 Å². The van der Waals surface area contributed by atoms with Gasteiger partial charge in [-0.2, -0.15) is 0 Å². The highest BCUT2D eigenvalue weighted by molar-refractivity contribution is 7.99. The summed E-state index contributed by atoms with van der Waals surface area (Å²) in [5, 5.41) is 26.4. The van der Waals surface area contributed by atoms with E-state index in [4.69, 9.17) is 22.1 Å². The molecule has 0 unspecified atom stereocenters. The van der Waals surface area contributed by atoms with Crippen molar-refractivity contribution in [3.05, 3.63) is 35.0 Å². The molecular weight excluding hydrogens is 404 g/mol. The van der Waals surface area contributed by atoms with E-state index in [0.29, 0.717) is 21.5 Å². The highest BCUT2D eigenvalue weighted by Crippen LogP contribution is 2.21. The lowest BCUT2D eigenvalue weighted by Crippen LogP contribution is -2.34. The Morgan fingerprint density at radius 3 is 2.85 bits per heavy atom. The van der Waals surface area contributed by atoms with Crippen LogP contribution >= 0.6 is 23.4 Å². The summed E-state index contributed by atoms with van der Waals surface area (Å²) in [4.78, 5) is 11.3. The smallest absolute Gasteiger partial charge is 0.236 e. The number of primary sulfonamides is 1. The SMILES string of the molecule is N=C(Nc1cccc(Cl)c1)c1nonc1SCCNC(=O)CS(N)(=O)=O. The van der Waals surface area contributed by atoms with Gasteiger partial charge in [-0.1, -0.05) is 29.4 Å². The lowest BCUT2D eigenvalue weighted by molar-refractivity contribution is -0.118. The van der Waals surface area contributed by atoms with Gasteiger partial charge < -0.3 is 10.6 Å². The largest absolute Gasteiger partial charge is 0.354 e. The fraction of sp³-hybridized carbons (Fsp3) is 0.231. The summed E-state index contributed by atoms with van der Waals surface area (Å²) < 4.78 is 26.2. The summed E-state index contributed by atoms with van der Waals surface area (Å²) >= 11 is 7.08. The Labute approximate surface area is 158 Å². The Balaban J connectivity index is 1.86. The maximum Gasteiger partial charge on any atom is 0.236 e. The van der Waals surface area contributed by atoms with Crippen molar-refractivity contribution in [2.24, 2.45) is 5.14 Å². The zero-order valence-corrected chi connectivity index (χ0v) is 15.6. The third kappa shape index (κ3) is 6.63. The van der Waals surface area contributed by atoms with Gasteiger partial charge in [0.25, 0.3) is 0 Å². The highest BCUT2D eigenvalue weighted by Gasteiger charge is 2.16. The first-order valence-corrected chi connectivity index (χ1v) is 10.2. The van der Waals surface area contributed by atoms with Crippen molar-refractivity contribution >= 4 is 50.8 Å². The minimum absolute atomic E-state index is 0.0331. The summed E-state index contributed by atoms with van der Waals surface area (Å²) in [6.45, 7) is 0.181. The number of thioether (sulfide) groups is 1. The zero-order valence-electron chi connectivity index (χ0n) is 13.2. The summed E-state index contributed by atoms with van der Waals surface area (Å²) in [7, 11) is -3.86. The number of nitrogens with two attached hydrogens (primary N) is 1. The number of amides is 1. The molecule has 0 saturated heterocycles. The van der Waals surface area contributed by atoms with Crippen molar-refractivity contribution in [2.45, 2.75) is 5.03 Å². The lowest BCUT2D eigenvalue weighted by atomic mass is 10.3.